The van der Waals surface area contributed by atoms with Crippen LogP contribution >= 0.6 is 0 Å². The van der Waals surface area contributed by atoms with Gasteiger partial charge in [-0.2, -0.15) is 0 Å². The first-order valence-corrected chi connectivity index (χ1v) is 6.55. The van der Waals surface area contributed by atoms with E-state index in [1.165, 1.54) is 13.0 Å². The summed E-state index contributed by atoms with van der Waals surface area (Å²) in [4.78, 5) is 10.8. The van der Waals surface area contributed by atoms with Crippen molar-refractivity contribution in [2.45, 2.75) is 13.5 Å². The van der Waals surface area contributed by atoms with E-state index in [9.17, 15) is 13.6 Å². The van der Waals surface area contributed by atoms with Gasteiger partial charge in [-0.1, -0.05) is 30.3 Å². The molecule has 0 unspecified atom stereocenters. The lowest BCUT2D eigenvalue weighted by Gasteiger charge is -2.10. The van der Waals surface area contributed by atoms with Crippen LogP contribution in [0.15, 0.2) is 48.0 Å². The smallest absolute Gasteiger partial charge is 0.331 e. The largest absolute Gasteiger partial charge is 0.483 e. The zero-order chi connectivity index (χ0) is 16.1. The lowest BCUT2D eigenvalue weighted by atomic mass is 10.1. The highest BCUT2D eigenvalue weighted by atomic mass is 19.1. The average Bonchev–Trinajstić information content (AvgIpc) is 2.50. The van der Waals surface area contributed by atoms with Crippen LogP contribution in [-0.4, -0.2) is 11.1 Å². The number of hydrogen-bond donors (Lipinski definition) is 1. The van der Waals surface area contributed by atoms with E-state index in [4.69, 9.17) is 9.84 Å². The number of hydrogen-bond acceptors (Lipinski definition) is 2. The molecular formula is C17H14F2O3. The number of rotatable bonds is 5. The van der Waals surface area contributed by atoms with Gasteiger partial charge in [-0.25, -0.2) is 13.6 Å². The molecule has 0 saturated carbocycles. The zero-order valence-corrected chi connectivity index (χ0v) is 11.8. The maximum atomic E-state index is 14.3. The lowest BCUT2D eigenvalue weighted by molar-refractivity contribution is -0.132. The highest BCUT2D eigenvalue weighted by Gasteiger charge is 2.15. The van der Waals surface area contributed by atoms with Crippen LogP contribution in [0, 0.1) is 11.6 Å². The van der Waals surface area contributed by atoms with E-state index in [1.54, 1.807) is 24.3 Å². The summed E-state index contributed by atoms with van der Waals surface area (Å²) in [6, 6.07) is 11.2. The summed E-state index contributed by atoms with van der Waals surface area (Å²) >= 11 is 0. The molecule has 0 aromatic heterocycles. The van der Waals surface area contributed by atoms with Gasteiger partial charge in [-0.15, -0.1) is 0 Å². The monoisotopic (exact) mass is 304 g/mol. The van der Waals surface area contributed by atoms with Crippen LogP contribution in [-0.2, 0) is 11.4 Å². The Hall–Kier alpha value is -2.69. The summed E-state index contributed by atoms with van der Waals surface area (Å²) in [6.45, 7) is 1.34. The first-order chi connectivity index (χ1) is 10.5. The first kappa shape index (κ1) is 15.7. The molecule has 1 N–H and O–H groups in total. The molecule has 0 aliphatic carbocycles. The molecule has 0 amide bonds. The van der Waals surface area contributed by atoms with Crippen molar-refractivity contribution in [3.05, 3.63) is 70.8 Å². The number of aliphatic carboxylic acids is 1. The van der Waals surface area contributed by atoms with Crippen LogP contribution in [0.1, 0.15) is 18.1 Å². The Morgan fingerprint density at radius 3 is 2.50 bits per heavy atom. The average molecular weight is 304 g/mol. The van der Waals surface area contributed by atoms with Crippen LogP contribution < -0.4 is 4.74 Å². The second kappa shape index (κ2) is 6.85. The molecule has 2 aromatic carbocycles. The maximum Gasteiger partial charge on any atom is 0.331 e. The maximum absolute atomic E-state index is 14.3. The second-order valence-electron chi connectivity index (χ2n) is 4.69. The van der Waals surface area contributed by atoms with Crippen LogP contribution in [0.25, 0.3) is 6.08 Å². The molecule has 0 aliphatic heterocycles. The Morgan fingerprint density at radius 1 is 1.18 bits per heavy atom. The SMILES string of the molecule is C/C(=C\c1ccc(F)c(OCc2ccccc2)c1F)C(=O)O. The van der Waals surface area contributed by atoms with Gasteiger partial charge in [0.15, 0.2) is 17.4 Å². The van der Waals surface area contributed by atoms with Crippen LogP contribution in [0.3, 0.4) is 0 Å². The Labute approximate surface area is 126 Å². The molecule has 0 aliphatic rings. The highest BCUT2D eigenvalue weighted by molar-refractivity contribution is 5.91. The van der Waals surface area contributed by atoms with E-state index in [-0.39, 0.29) is 17.7 Å². The van der Waals surface area contributed by atoms with Gasteiger partial charge < -0.3 is 9.84 Å². The summed E-state index contributed by atoms with van der Waals surface area (Å²) < 4.78 is 33.2. The molecule has 0 radical (unpaired) electrons. The third-order valence-electron chi connectivity index (χ3n) is 3.01. The fraction of sp³-hybridized carbons (Fsp3) is 0.118. The van der Waals surface area contributed by atoms with Gasteiger partial charge in [0.2, 0.25) is 0 Å². The van der Waals surface area contributed by atoms with Gasteiger partial charge in [0.25, 0.3) is 0 Å². The summed E-state index contributed by atoms with van der Waals surface area (Å²) in [7, 11) is 0. The Bertz CT molecular complexity index is 709. The Kier molecular flexibility index (Phi) is 4.88. The van der Waals surface area contributed by atoms with Gasteiger partial charge >= 0.3 is 5.97 Å². The molecule has 0 heterocycles. The standard InChI is InChI=1S/C17H14F2O3/c1-11(17(20)21)9-13-7-8-14(18)16(15(13)19)22-10-12-5-3-2-4-6-12/h2-9H,10H2,1H3,(H,20,21)/b11-9+. The third-order valence-corrected chi connectivity index (χ3v) is 3.01. The van der Waals surface area contributed by atoms with Crippen molar-refractivity contribution in [1.82, 2.24) is 0 Å². The molecule has 0 bridgehead atoms. The van der Waals surface area contributed by atoms with Crippen LogP contribution in [0.5, 0.6) is 5.75 Å². The number of carboxylic acid groups (broad SMARTS) is 1. The van der Waals surface area contributed by atoms with Crippen molar-refractivity contribution < 1.29 is 23.4 Å². The number of carbonyl (C=O) groups is 1. The molecule has 22 heavy (non-hydrogen) atoms. The minimum absolute atomic E-state index is 0.0137. The van der Waals surface area contributed by atoms with Gasteiger partial charge in [0.05, 0.1) is 0 Å². The number of halogens is 2. The van der Waals surface area contributed by atoms with E-state index in [2.05, 4.69) is 0 Å². The van der Waals surface area contributed by atoms with Crippen molar-refractivity contribution in [2.75, 3.05) is 0 Å². The van der Waals surface area contributed by atoms with Crippen LogP contribution in [0.4, 0.5) is 8.78 Å². The van der Waals surface area contributed by atoms with E-state index in [0.717, 1.165) is 17.7 Å². The zero-order valence-electron chi connectivity index (χ0n) is 11.8. The van der Waals surface area contributed by atoms with Crippen molar-refractivity contribution in [1.29, 1.82) is 0 Å². The van der Waals surface area contributed by atoms with Crippen molar-refractivity contribution >= 4 is 12.0 Å². The van der Waals surface area contributed by atoms with Crippen molar-refractivity contribution in [2.24, 2.45) is 0 Å². The first-order valence-electron chi connectivity index (χ1n) is 6.55. The van der Waals surface area contributed by atoms with Gasteiger partial charge in [-0.05, 0) is 30.7 Å². The van der Waals surface area contributed by atoms with Gasteiger partial charge in [-0.3, -0.25) is 0 Å². The van der Waals surface area contributed by atoms with E-state index in [0.29, 0.717) is 0 Å². The minimum Gasteiger partial charge on any atom is -0.483 e. The lowest BCUT2D eigenvalue weighted by Crippen LogP contribution is -2.02. The molecular weight excluding hydrogens is 290 g/mol. The van der Waals surface area contributed by atoms with E-state index < -0.39 is 23.4 Å². The molecule has 114 valence electrons. The molecule has 2 aromatic rings. The normalized spacial score (nSPS) is 11.3. The summed E-state index contributed by atoms with van der Waals surface area (Å²) in [5, 5.41) is 8.81. The Balaban J connectivity index is 2.28. The van der Waals surface area contributed by atoms with Gasteiger partial charge in [0, 0.05) is 11.1 Å². The molecule has 0 atom stereocenters. The minimum atomic E-state index is -1.17. The molecule has 2 rings (SSSR count). The van der Waals surface area contributed by atoms with Crippen molar-refractivity contribution in [3.8, 4) is 5.75 Å². The van der Waals surface area contributed by atoms with Crippen molar-refractivity contribution in [3.63, 3.8) is 0 Å². The van der Waals surface area contributed by atoms with E-state index >= 15 is 0 Å². The second-order valence-corrected chi connectivity index (χ2v) is 4.69. The van der Waals surface area contributed by atoms with Crippen LogP contribution in [0.2, 0.25) is 0 Å². The topological polar surface area (TPSA) is 46.5 Å². The molecule has 0 saturated heterocycles. The summed E-state index contributed by atoms with van der Waals surface area (Å²) in [5.41, 5.74) is 0.674. The molecule has 0 fully saturated rings. The highest BCUT2D eigenvalue weighted by Crippen LogP contribution is 2.27. The molecule has 3 nitrogen and oxygen atoms in total. The number of carboxylic acids is 1. The fourth-order valence-corrected chi connectivity index (χ4v) is 1.82. The molecule has 0 spiro atoms. The summed E-state index contributed by atoms with van der Waals surface area (Å²) in [6.07, 6.45) is 1.13. The third kappa shape index (κ3) is 3.69. The predicted molar refractivity (Wildman–Crippen MR) is 78.4 cm³/mol. The number of benzene rings is 2. The van der Waals surface area contributed by atoms with E-state index in [1.807, 2.05) is 6.07 Å². The quantitative estimate of drug-likeness (QED) is 0.848. The predicted octanol–water partition coefficient (Wildman–Crippen LogP) is 4.03. The summed E-state index contributed by atoms with van der Waals surface area (Å²) in [5.74, 6) is -3.44. The fourth-order valence-electron chi connectivity index (χ4n) is 1.82. The number of ether oxygens (including phenoxy) is 1. The molecule has 5 heteroatoms. The Morgan fingerprint density at radius 2 is 1.86 bits per heavy atom. The van der Waals surface area contributed by atoms with Gasteiger partial charge in [0.1, 0.15) is 6.61 Å².